The molecule has 1 fully saturated rings. The Kier molecular flexibility index (Phi) is 7.79. The summed E-state index contributed by atoms with van der Waals surface area (Å²) in [6, 6.07) is 0. The third-order valence-corrected chi connectivity index (χ3v) is 5.36. The van der Waals surface area contributed by atoms with Crippen molar-refractivity contribution >= 4 is 5.87 Å². The molecule has 0 amide bonds. The van der Waals surface area contributed by atoms with Crippen molar-refractivity contribution in [2.75, 3.05) is 0 Å². The van der Waals surface area contributed by atoms with E-state index < -0.39 is 11.6 Å². The summed E-state index contributed by atoms with van der Waals surface area (Å²) in [5.74, 6) is 4.17. The monoisotopic (exact) mass is 315 g/mol. The zero-order valence-electron chi connectivity index (χ0n) is 15.4. The Morgan fingerprint density at radius 1 is 1.39 bits per heavy atom. The highest BCUT2D eigenvalue weighted by Crippen LogP contribution is 2.37. The zero-order valence-corrected chi connectivity index (χ0v) is 15.4. The molecule has 128 valence electrons. The van der Waals surface area contributed by atoms with Crippen molar-refractivity contribution in [2.24, 2.45) is 16.8 Å². The van der Waals surface area contributed by atoms with Crippen LogP contribution >= 0.6 is 0 Å². The summed E-state index contributed by atoms with van der Waals surface area (Å²) >= 11 is 0. The number of hydrogen-bond acceptors (Lipinski definition) is 2. The average Bonchev–Trinajstić information content (AvgIpc) is 2.57. The van der Waals surface area contributed by atoms with Crippen LogP contribution in [0.15, 0.2) is 41.1 Å². The molecule has 0 aliphatic heterocycles. The number of hydrogen-bond donors (Lipinski definition) is 1. The van der Waals surface area contributed by atoms with Crippen LogP contribution in [-0.4, -0.2) is 22.6 Å². The van der Waals surface area contributed by atoms with Crippen LogP contribution in [0.25, 0.3) is 0 Å². The van der Waals surface area contributed by atoms with Gasteiger partial charge in [0.2, 0.25) is 0 Å². The van der Waals surface area contributed by atoms with Crippen molar-refractivity contribution in [3.8, 4) is 0 Å². The zero-order chi connectivity index (χ0) is 17.5. The summed E-state index contributed by atoms with van der Waals surface area (Å²) in [5.41, 5.74) is 4.65. The highest BCUT2D eigenvalue weighted by molar-refractivity contribution is 5.52. The minimum absolute atomic E-state index is 0.554. The molecule has 0 aromatic heterocycles. The van der Waals surface area contributed by atoms with Crippen LogP contribution in [0.2, 0.25) is 0 Å². The van der Waals surface area contributed by atoms with E-state index in [0.717, 1.165) is 18.4 Å². The van der Waals surface area contributed by atoms with Gasteiger partial charge in [-0.25, -0.2) is 4.99 Å². The molecule has 0 aromatic carbocycles. The standard InChI is InChI=1S/C21H33NO/c1-7-14-22-21(6,9-3)20(23)18(8-2)15-17-10-12-19(13-11-17)16(4)5/h7,17,19-20,23H,2,4,9-13,15H2,1,3,5-6H3. The van der Waals surface area contributed by atoms with Crippen LogP contribution in [0.3, 0.4) is 0 Å². The molecule has 1 N–H and O–H groups in total. The number of allylic oxidation sites excluding steroid dienone is 2. The summed E-state index contributed by atoms with van der Waals surface area (Å²) in [7, 11) is 0. The first kappa shape index (κ1) is 19.7. The third kappa shape index (κ3) is 5.36. The molecule has 1 aliphatic carbocycles. The summed E-state index contributed by atoms with van der Waals surface area (Å²) in [4.78, 5) is 4.43. The summed E-state index contributed by atoms with van der Waals surface area (Å²) < 4.78 is 0. The second-order valence-corrected chi connectivity index (χ2v) is 7.11. The molecule has 0 bridgehead atoms. The first-order valence-electron chi connectivity index (χ1n) is 8.85. The van der Waals surface area contributed by atoms with E-state index in [4.69, 9.17) is 0 Å². The quantitative estimate of drug-likeness (QED) is 0.388. The maximum absolute atomic E-state index is 10.8. The number of nitrogens with zero attached hydrogens (tertiary/aromatic N) is 1. The van der Waals surface area contributed by atoms with Crippen LogP contribution in [0.5, 0.6) is 0 Å². The van der Waals surface area contributed by atoms with Gasteiger partial charge >= 0.3 is 0 Å². The van der Waals surface area contributed by atoms with Crippen molar-refractivity contribution in [1.82, 2.24) is 0 Å². The molecule has 1 saturated carbocycles. The van der Waals surface area contributed by atoms with Crippen LogP contribution in [0.1, 0.15) is 66.2 Å². The number of aliphatic hydroxyl groups excluding tert-OH is 1. The van der Waals surface area contributed by atoms with Crippen LogP contribution in [0.4, 0.5) is 0 Å². The maximum Gasteiger partial charge on any atom is 0.108 e. The fourth-order valence-electron chi connectivity index (χ4n) is 3.37. The minimum atomic E-state index is -0.642. The second-order valence-electron chi connectivity index (χ2n) is 7.11. The SMILES string of the molecule is C=C=C(CC1CCC(C(=C)C)CC1)C(O)C(C)(CC)N=C=CC. The molecule has 0 aromatic rings. The van der Waals surface area contributed by atoms with Crippen LogP contribution in [-0.2, 0) is 0 Å². The molecule has 1 rings (SSSR count). The molecular formula is C21H33NO. The lowest BCUT2D eigenvalue weighted by atomic mass is 9.75. The maximum atomic E-state index is 10.8. The summed E-state index contributed by atoms with van der Waals surface area (Å²) in [5, 5.41) is 10.8. The topological polar surface area (TPSA) is 32.6 Å². The van der Waals surface area contributed by atoms with Crippen molar-refractivity contribution < 1.29 is 5.11 Å². The van der Waals surface area contributed by atoms with Gasteiger partial charge < -0.3 is 5.11 Å². The predicted molar refractivity (Wildman–Crippen MR) is 99.9 cm³/mol. The van der Waals surface area contributed by atoms with Crippen LogP contribution in [0, 0.1) is 11.8 Å². The Balaban J connectivity index is 2.76. The third-order valence-electron chi connectivity index (χ3n) is 5.36. The van der Waals surface area contributed by atoms with E-state index in [1.807, 2.05) is 20.8 Å². The lowest BCUT2D eigenvalue weighted by molar-refractivity contribution is 0.118. The fraction of sp³-hybridized carbons (Fsp3) is 0.667. The molecule has 0 saturated heterocycles. The van der Waals surface area contributed by atoms with Crippen molar-refractivity contribution in [1.29, 1.82) is 0 Å². The number of aliphatic hydroxyl groups is 1. The Morgan fingerprint density at radius 2 is 2.00 bits per heavy atom. The Labute approximate surface area is 142 Å². The van der Waals surface area contributed by atoms with Crippen molar-refractivity contribution in [3.05, 3.63) is 36.1 Å². The van der Waals surface area contributed by atoms with Gasteiger partial charge in [-0.1, -0.05) is 25.7 Å². The van der Waals surface area contributed by atoms with E-state index in [1.54, 1.807) is 6.08 Å². The molecule has 2 atom stereocenters. The second kappa shape index (κ2) is 9.08. The van der Waals surface area contributed by atoms with E-state index in [-0.39, 0.29) is 0 Å². The Morgan fingerprint density at radius 3 is 2.43 bits per heavy atom. The molecule has 0 heterocycles. The molecule has 2 heteroatoms. The number of rotatable bonds is 7. The first-order valence-corrected chi connectivity index (χ1v) is 8.85. The largest absolute Gasteiger partial charge is 0.386 e. The van der Waals surface area contributed by atoms with E-state index in [2.05, 4.69) is 36.7 Å². The predicted octanol–water partition coefficient (Wildman–Crippen LogP) is 5.25. The highest BCUT2D eigenvalue weighted by atomic mass is 16.3. The van der Waals surface area contributed by atoms with Gasteiger partial charge in [-0.3, -0.25) is 0 Å². The molecule has 0 radical (unpaired) electrons. The molecule has 23 heavy (non-hydrogen) atoms. The lowest BCUT2D eigenvalue weighted by Gasteiger charge is -2.33. The highest BCUT2D eigenvalue weighted by Gasteiger charge is 2.34. The van der Waals surface area contributed by atoms with E-state index >= 15 is 0 Å². The molecule has 0 spiro atoms. The molecular weight excluding hydrogens is 282 g/mol. The average molecular weight is 316 g/mol. The Bertz CT molecular complexity index is 512. The summed E-state index contributed by atoms with van der Waals surface area (Å²) in [6.07, 6.45) is 7.56. The first-order chi connectivity index (χ1) is 10.9. The van der Waals surface area contributed by atoms with Gasteiger partial charge in [0.25, 0.3) is 0 Å². The molecule has 1 aliphatic rings. The van der Waals surface area contributed by atoms with Gasteiger partial charge in [0.1, 0.15) is 6.10 Å². The molecule has 2 nitrogen and oxygen atoms in total. The molecule has 2 unspecified atom stereocenters. The van der Waals surface area contributed by atoms with Gasteiger partial charge in [-0.05, 0) is 83.1 Å². The fourth-order valence-corrected chi connectivity index (χ4v) is 3.37. The van der Waals surface area contributed by atoms with Gasteiger partial charge in [0.05, 0.1) is 5.54 Å². The van der Waals surface area contributed by atoms with E-state index in [0.29, 0.717) is 11.8 Å². The van der Waals surface area contributed by atoms with Gasteiger partial charge in [0.15, 0.2) is 0 Å². The Hall–Kier alpha value is -1.33. The van der Waals surface area contributed by atoms with Gasteiger partial charge in [-0.2, -0.15) is 0 Å². The van der Waals surface area contributed by atoms with Gasteiger partial charge in [0, 0.05) is 5.57 Å². The number of aliphatic imine (C=N–C) groups is 1. The van der Waals surface area contributed by atoms with E-state index in [9.17, 15) is 5.11 Å². The van der Waals surface area contributed by atoms with E-state index in [1.165, 1.54) is 31.3 Å². The smallest absolute Gasteiger partial charge is 0.108 e. The van der Waals surface area contributed by atoms with Crippen LogP contribution < -0.4 is 0 Å². The lowest BCUT2D eigenvalue weighted by Crippen LogP contribution is -2.38. The summed E-state index contributed by atoms with van der Waals surface area (Å²) in [6.45, 7) is 15.9. The normalized spacial score (nSPS) is 24.6. The van der Waals surface area contributed by atoms with Gasteiger partial charge in [-0.15, -0.1) is 5.73 Å². The minimum Gasteiger partial charge on any atom is -0.386 e. The van der Waals surface area contributed by atoms with Crippen molar-refractivity contribution in [2.45, 2.75) is 77.9 Å². The van der Waals surface area contributed by atoms with Crippen molar-refractivity contribution in [3.63, 3.8) is 0 Å².